The second kappa shape index (κ2) is 3.02. The lowest BCUT2D eigenvalue weighted by Crippen LogP contribution is -2.09. The van der Waals surface area contributed by atoms with Crippen molar-refractivity contribution in [1.29, 1.82) is 0 Å². The largest absolute Gasteiger partial charge is 0.327 e. The molecule has 0 aliphatic carbocycles. The highest BCUT2D eigenvalue weighted by atomic mass is 32.1. The fourth-order valence-corrected chi connectivity index (χ4v) is 2.54. The van der Waals surface area contributed by atoms with E-state index in [1.165, 1.54) is 23.9 Å². The third-order valence-electron chi connectivity index (χ3n) is 2.90. The van der Waals surface area contributed by atoms with Crippen molar-refractivity contribution < 1.29 is 0 Å². The lowest BCUT2D eigenvalue weighted by atomic mass is 10.0. The Hall–Kier alpha value is -0.960. The van der Waals surface area contributed by atoms with Crippen LogP contribution in [0.4, 0.5) is 0 Å². The normalized spacial score (nSPS) is 14.9. The molecule has 0 amide bonds. The van der Waals surface area contributed by atoms with Crippen molar-refractivity contribution >= 4 is 23.7 Å². The van der Waals surface area contributed by atoms with Gasteiger partial charge in [-0.25, -0.2) is 4.98 Å². The first-order valence-corrected chi connectivity index (χ1v) is 5.61. The molecular formula is C11H12N2S. The average molecular weight is 204 g/mol. The minimum absolute atomic E-state index is 0.730. The molecule has 1 aliphatic heterocycles. The van der Waals surface area contributed by atoms with E-state index in [-0.39, 0.29) is 0 Å². The van der Waals surface area contributed by atoms with Gasteiger partial charge in [0.05, 0.1) is 11.0 Å². The van der Waals surface area contributed by atoms with Gasteiger partial charge in [0.1, 0.15) is 5.82 Å². The second-order valence-electron chi connectivity index (χ2n) is 3.73. The van der Waals surface area contributed by atoms with Crippen molar-refractivity contribution in [1.82, 2.24) is 9.55 Å². The van der Waals surface area contributed by atoms with Gasteiger partial charge in [-0.15, -0.1) is 0 Å². The number of para-hydroxylation sites is 1. The van der Waals surface area contributed by atoms with Gasteiger partial charge in [-0.1, -0.05) is 12.1 Å². The smallest absolute Gasteiger partial charge is 0.119 e. The molecule has 0 fully saturated rings. The Morgan fingerprint density at radius 1 is 1.43 bits per heavy atom. The van der Waals surface area contributed by atoms with Gasteiger partial charge in [-0.3, -0.25) is 0 Å². The van der Waals surface area contributed by atoms with E-state index in [0.717, 1.165) is 23.6 Å². The van der Waals surface area contributed by atoms with Crippen LogP contribution in [0.15, 0.2) is 18.2 Å². The number of rotatable bonds is 1. The van der Waals surface area contributed by atoms with Crippen LogP contribution in [-0.4, -0.2) is 9.55 Å². The summed E-state index contributed by atoms with van der Waals surface area (Å²) in [4.78, 5) is 4.59. The van der Waals surface area contributed by atoms with E-state index in [1.54, 1.807) is 0 Å². The minimum atomic E-state index is 0.730. The van der Waals surface area contributed by atoms with Crippen LogP contribution >= 0.6 is 12.6 Å². The van der Waals surface area contributed by atoms with E-state index in [1.807, 2.05) is 0 Å². The van der Waals surface area contributed by atoms with Crippen molar-refractivity contribution in [2.75, 3.05) is 0 Å². The number of benzene rings is 1. The third-order valence-corrected chi connectivity index (χ3v) is 3.18. The molecule has 0 saturated heterocycles. The van der Waals surface area contributed by atoms with Crippen LogP contribution in [0.2, 0.25) is 0 Å². The Morgan fingerprint density at radius 3 is 3.21 bits per heavy atom. The predicted molar refractivity (Wildman–Crippen MR) is 60.7 cm³/mol. The summed E-state index contributed by atoms with van der Waals surface area (Å²) < 4.78 is 2.32. The molecule has 0 N–H and O–H groups in total. The second-order valence-corrected chi connectivity index (χ2v) is 4.04. The maximum atomic E-state index is 4.59. The Bertz CT molecular complexity index is 487. The van der Waals surface area contributed by atoms with Crippen molar-refractivity contribution in [2.24, 2.45) is 0 Å². The summed E-state index contributed by atoms with van der Waals surface area (Å²) in [7, 11) is 0. The Balaban J connectivity index is 2.42. The van der Waals surface area contributed by atoms with Crippen molar-refractivity contribution in [2.45, 2.75) is 25.1 Å². The molecule has 3 rings (SSSR count). The lowest BCUT2D eigenvalue weighted by molar-refractivity contribution is 0.615. The fourth-order valence-electron chi connectivity index (χ4n) is 2.30. The zero-order chi connectivity index (χ0) is 9.54. The van der Waals surface area contributed by atoms with Gasteiger partial charge < -0.3 is 4.57 Å². The number of nitrogens with zero attached hydrogens (tertiary/aromatic N) is 2. The fraction of sp³-hybridized carbons (Fsp3) is 0.364. The van der Waals surface area contributed by atoms with Crippen LogP contribution in [0.3, 0.4) is 0 Å². The summed E-state index contributed by atoms with van der Waals surface area (Å²) in [5, 5.41) is 0. The molecule has 72 valence electrons. The maximum absolute atomic E-state index is 4.59. The highest BCUT2D eigenvalue weighted by molar-refractivity contribution is 7.79. The van der Waals surface area contributed by atoms with Crippen molar-refractivity contribution in [3.05, 3.63) is 29.6 Å². The summed E-state index contributed by atoms with van der Waals surface area (Å²) in [6.45, 7) is 1.10. The highest BCUT2D eigenvalue weighted by Gasteiger charge is 2.16. The van der Waals surface area contributed by atoms with E-state index in [9.17, 15) is 0 Å². The van der Waals surface area contributed by atoms with Gasteiger partial charge in [-0.05, 0) is 24.5 Å². The summed E-state index contributed by atoms with van der Waals surface area (Å²) in [6, 6.07) is 6.40. The quantitative estimate of drug-likeness (QED) is 0.706. The van der Waals surface area contributed by atoms with E-state index in [0.29, 0.717) is 0 Å². The molecule has 14 heavy (non-hydrogen) atoms. The van der Waals surface area contributed by atoms with E-state index in [4.69, 9.17) is 0 Å². The molecule has 0 atom stereocenters. The van der Waals surface area contributed by atoms with E-state index >= 15 is 0 Å². The first-order chi connectivity index (χ1) is 6.90. The molecule has 1 aromatic heterocycles. The van der Waals surface area contributed by atoms with Crippen LogP contribution in [0.25, 0.3) is 11.0 Å². The molecule has 2 nitrogen and oxygen atoms in total. The van der Waals surface area contributed by atoms with Gasteiger partial charge in [-0.2, -0.15) is 12.6 Å². The summed E-state index contributed by atoms with van der Waals surface area (Å²) in [5.74, 6) is 1.84. The van der Waals surface area contributed by atoms with Crippen molar-refractivity contribution in [3.8, 4) is 0 Å². The number of thiol groups is 1. The number of imidazole rings is 1. The number of aryl methyl sites for hydroxylation is 2. The predicted octanol–water partition coefficient (Wildman–Crippen LogP) is 2.41. The topological polar surface area (TPSA) is 17.8 Å². The van der Waals surface area contributed by atoms with Gasteiger partial charge in [0.25, 0.3) is 0 Å². The molecule has 2 aromatic rings. The SMILES string of the molecule is SCc1nc2cccc3c2n1CCC3. The number of hydrogen-bond acceptors (Lipinski definition) is 2. The monoisotopic (exact) mass is 204 g/mol. The molecule has 1 aromatic carbocycles. The Labute approximate surface area is 88.4 Å². The maximum Gasteiger partial charge on any atom is 0.119 e. The Morgan fingerprint density at radius 2 is 2.36 bits per heavy atom. The van der Waals surface area contributed by atoms with E-state index in [2.05, 4.69) is 40.4 Å². The van der Waals surface area contributed by atoms with Gasteiger partial charge in [0.2, 0.25) is 0 Å². The molecule has 0 saturated carbocycles. The molecule has 0 unspecified atom stereocenters. The molecular weight excluding hydrogens is 192 g/mol. The lowest BCUT2D eigenvalue weighted by Gasteiger charge is -2.15. The van der Waals surface area contributed by atoms with E-state index < -0.39 is 0 Å². The van der Waals surface area contributed by atoms with Gasteiger partial charge >= 0.3 is 0 Å². The first-order valence-electron chi connectivity index (χ1n) is 4.98. The molecule has 2 heterocycles. The standard InChI is InChI=1S/C11H12N2S/c14-7-10-12-9-5-1-3-8-4-2-6-13(10)11(8)9/h1,3,5,14H,2,4,6-7H2. The molecule has 0 spiro atoms. The summed E-state index contributed by atoms with van der Waals surface area (Å²) >= 11 is 4.32. The molecule has 0 radical (unpaired) electrons. The van der Waals surface area contributed by atoms with Crippen molar-refractivity contribution in [3.63, 3.8) is 0 Å². The van der Waals surface area contributed by atoms with Gasteiger partial charge in [0, 0.05) is 12.3 Å². The third kappa shape index (κ3) is 1.02. The molecule has 0 bridgehead atoms. The molecule has 1 aliphatic rings. The summed E-state index contributed by atoms with van der Waals surface area (Å²) in [6.07, 6.45) is 2.41. The molecule has 3 heteroatoms. The number of hydrogen-bond donors (Lipinski definition) is 1. The number of aromatic nitrogens is 2. The highest BCUT2D eigenvalue weighted by Crippen LogP contribution is 2.26. The zero-order valence-corrected chi connectivity index (χ0v) is 8.80. The van der Waals surface area contributed by atoms with Gasteiger partial charge in [0.15, 0.2) is 0 Å². The first kappa shape index (κ1) is 8.36. The summed E-state index contributed by atoms with van der Waals surface area (Å²) in [5.41, 5.74) is 3.91. The van der Waals surface area contributed by atoms with Crippen LogP contribution in [0.1, 0.15) is 17.8 Å². The van der Waals surface area contributed by atoms with Crippen LogP contribution in [-0.2, 0) is 18.7 Å². The average Bonchev–Trinajstić information content (AvgIpc) is 2.60. The van der Waals surface area contributed by atoms with Crippen LogP contribution < -0.4 is 0 Å². The minimum Gasteiger partial charge on any atom is -0.327 e. The van der Waals surface area contributed by atoms with Crippen LogP contribution in [0.5, 0.6) is 0 Å². The zero-order valence-electron chi connectivity index (χ0n) is 7.90. The Kier molecular flexibility index (Phi) is 1.80. The van der Waals surface area contributed by atoms with Crippen LogP contribution in [0, 0.1) is 0 Å².